The van der Waals surface area contributed by atoms with Crippen LogP contribution in [0.1, 0.15) is 38.7 Å². The third-order valence-electron chi connectivity index (χ3n) is 4.13. The van der Waals surface area contributed by atoms with E-state index in [4.69, 9.17) is 0 Å². The van der Waals surface area contributed by atoms with Crippen LogP contribution >= 0.6 is 0 Å². The number of nitriles is 1. The van der Waals surface area contributed by atoms with Gasteiger partial charge in [-0.3, -0.25) is 4.79 Å². The molecular weight excluding hydrogens is 286 g/mol. The Bertz CT molecular complexity index is 580. The number of amides is 1. The summed E-state index contributed by atoms with van der Waals surface area (Å²) in [7, 11) is 0. The van der Waals surface area contributed by atoms with Gasteiger partial charge in [0.15, 0.2) is 0 Å². The van der Waals surface area contributed by atoms with E-state index in [-0.39, 0.29) is 17.5 Å². The molecule has 4 heteroatoms. The van der Waals surface area contributed by atoms with Gasteiger partial charge in [0.05, 0.1) is 0 Å². The number of nitrogens with zero attached hydrogens (tertiary/aromatic N) is 3. The number of carbonyl (C=O) groups excluding carboxylic acids is 1. The van der Waals surface area contributed by atoms with Gasteiger partial charge in [-0.05, 0) is 38.7 Å². The van der Waals surface area contributed by atoms with Crippen LogP contribution in [0.3, 0.4) is 0 Å². The highest BCUT2D eigenvalue weighted by Crippen LogP contribution is 2.15. The van der Waals surface area contributed by atoms with Crippen LogP contribution in [0.2, 0.25) is 0 Å². The number of piperidine rings is 1. The zero-order chi connectivity index (χ0) is 16.7. The van der Waals surface area contributed by atoms with Gasteiger partial charge in [-0.25, -0.2) is 0 Å². The molecule has 0 unspecified atom stereocenters. The molecule has 1 fully saturated rings. The van der Waals surface area contributed by atoms with E-state index in [1.165, 1.54) is 6.42 Å². The minimum atomic E-state index is -0.183. The molecule has 0 aliphatic carbocycles. The van der Waals surface area contributed by atoms with Crippen molar-refractivity contribution in [2.75, 3.05) is 13.1 Å². The summed E-state index contributed by atoms with van der Waals surface area (Å²) in [6.07, 6.45) is 5.23. The summed E-state index contributed by atoms with van der Waals surface area (Å²) < 4.78 is 0. The molecule has 0 bridgehead atoms. The number of carbonyl (C=O) groups is 1. The summed E-state index contributed by atoms with van der Waals surface area (Å²) >= 11 is 0. The summed E-state index contributed by atoms with van der Waals surface area (Å²) in [5.74, 6) is -0.183. The third-order valence-corrected chi connectivity index (χ3v) is 4.13. The summed E-state index contributed by atoms with van der Waals surface area (Å²) in [4.78, 5) is 16.7. The van der Waals surface area contributed by atoms with Gasteiger partial charge >= 0.3 is 0 Å². The first kappa shape index (κ1) is 17.1. The fourth-order valence-electron chi connectivity index (χ4n) is 2.79. The second kappa shape index (κ2) is 8.38. The lowest BCUT2D eigenvalue weighted by atomic mass is 10.1. The van der Waals surface area contributed by atoms with E-state index < -0.39 is 0 Å². The quantitative estimate of drug-likeness (QED) is 0.619. The van der Waals surface area contributed by atoms with E-state index in [0.29, 0.717) is 6.54 Å². The SMILES string of the molecule is CC(C)N(Cc1ccccc1)C(=O)/C(C#N)=C\N1CCCCC1. The van der Waals surface area contributed by atoms with Crippen LogP contribution in [0, 0.1) is 11.3 Å². The molecule has 1 heterocycles. The Morgan fingerprint density at radius 2 is 1.91 bits per heavy atom. The lowest BCUT2D eigenvalue weighted by molar-refractivity contribution is -0.129. The van der Waals surface area contributed by atoms with Crippen LogP contribution in [0.5, 0.6) is 0 Å². The van der Waals surface area contributed by atoms with Crippen LogP contribution in [-0.2, 0) is 11.3 Å². The van der Waals surface area contributed by atoms with Crippen LogP contribution in [0.4, 0.5) is 0 Å². The van der Waals surface area contributed by atoms with Gasteiger partial charge in [0.1, 0.15) is 11.6 Å². The fourth-order valence-corrected chi connectivity index (χ4v) is 2.79. The van der Waals surface area contributed by atoms with Crippen molar-refractivity contribution >= 4 is 5.91 Å². The Labute approximate surface area is 139 Å². The van der Waals surface area contributed by atoms with E-state index in [2.05, 4.69) is 11.0 Å². The van der Waals surface area contributed by atoms with Crippen molar-refractivity contribution in [3.63, 3.8) is 0 Å². The van der Waals surface area contributed by atoms with E-state index in [9.17, 15) is 10.1 Å². The molecule has 0 N–H and O–H groups in total. The molecule has 1 aromatic rings. The second-order valence-corrected chi connectivity index (χ2v) is 6.26. The fraction of sp³-hybridized carbons (Fsp3) is 0.474. The van der Waals surface area contributed by atoms with E-state index in [0.717, 1.165) is 31.5 Å². The minimum Gasteiger partial charge on any atom is -0.376 e. The highest BCUT2D eigenvalue weighted by molar-refractivity contribution is 5.97. The van der Waals surface area contributed by atoms with Crippen LogP contribution in [0.25, 0.3) is 0 Å². The molecular formula is C19H25N3O. The van der Waals surface area contributed by atoms with Gasteiger partial charge in [0, 0.05) is 31.9 Å². The molecule has 2 rings (SSSR count). The van der Waals surface area contributed by atoms with Gasteiger partial charge < -0.3 is 9.80 Å². The Morgan fingerprint density at radius 1 is 1.26 bits per heavy atom. The van der Waals surface area contributed by atoms with Gasteiger partial charge in [0.25, 0.3) is 5.91 Å². The third kappa shape index (κ3) is 4.85. The summed E-state index contributed by atoms with van der Waals surface area (Å²) in [5, 5.41) is 9.43. The smallest absolute Gasteiger partial charge is 0.266 e. The summed E-state index contributed by atoms with van der Waals surface area (Å²) in [5.41, 5.74) is 1.31. The zero-order valence-corrected chi connectivity index (χ0v) is 14.0. The minimum absolute atomic E-state index is 0.0424. The molecule has 0 spiro atoms. The highest BCUT2D eigenvalue weighted by atomic mass is 16.2. The highest BCUT2D eigenvalue weighted by Gasteiger charge is 2.22. The average molecular weight is 311 g/mol. The van der Waals surface area contributed by atoms with Gasteiger partial charge in [-0.2, -0.15) is 5.26 Å². The first-order valence-corrected chi connectivity index (χ1v) is 8.32. The van der Waals surface area contributed by atoms with Crippen molar-refractivity contribution in [3.8, 4) is 6.07 Å². The maximum atomic E-state index is 12.8. The van der Waals surface area contributed by atoms with Crippen molar-refractivity contribution in [1.29, 1.82) is 5.26 Å². The van der Waals surface area contributed by atoms with Crippen LogP contribution in [-0.4, -0.2) is 34.8 Å². The number of benzene rings is 1. The summed E-state index contributed by atoms with van der Waals surface area (Å²) in [6, 6.07) is 12.0. The maximum Gasteiger partial charge on any atom is 0.266 e. The molecule has 4 nitrogen and oxygen atoms in total. The van der Waals surface area contributed by atoms with E-state index in [1.54, 1.807) is 11.1 Å². The zero-order valence-electron chi connectivity index (χ0n) is 14.0. The van der Waals surface area contributed by atoms with Crippen LogP contribution in [0.15, 0.2) is 42.1 Å². The van der Waals surface area contributed by atoms with Gasteiger partial charge in [0.2, 0.25) is 0 Å². The van der Waals surface area contributed by atoms with Gasteiger partial charge in [-0.15, -0.1) is 0 Å². The Balaban J connectivity index is 2.15. The van der Waals surface area contributed by atoms with Crippen molar-refractivity contribution in [2.24, 2.45) is 0 Å². The first-order valence-electron chi connectivity index (χ1n) is 8.32. The lowest BCUT2D eigenvalue weighted by Gasteiger charge is -2.29. The molecule has 1 aliphatic heterocycles. The molecule has 0 saturated carbocycles. The standard InChI is InChI=1S/C19H25N3O/c1-16(2)22(14-17-9-5-3-6-10-17)19(23)18(13-20)15-21-11-7-4-8-12-21/h3,5-6,9-10,15-16H,4,7-8,11-12,14H2,1-2H3/b18-15-. The molecule has 0 radical (unpaired) electrons. The van der Waals surface area contributed by atoms with Crippen LogP contribution < -0.4 is 0 Å². The molecule has 1 aromatic carbocycles. The Kier molecular flexibility index (Phi) is 6.22. The predicted octanol–water partition coefficient (Wildman–Crippen LogP) is 3.32. The Morgan fingerprint density at radius 3 is 2.48 bits per heavy atom. The molecule has 0 aromatic heterocycles. The Hall–Kier alpha value is -2.28. The number of rotatable bonds is 5. The number of hydrogen-bond acceptors (Lipinski definition) is 3. The van der Waals surface area contributed by atoms with Crippen molar-refractivity contribution in [2.45, 2.75) is 45.7 Å². The van der Waals surface area contributed by atoms with Crippen molar-refractivity contribution < 1.29 is 4.79 Å². The number of hydrogen-bond donors (Lipinski definition) is 0. The van der Waals surface area contributed by atoms with E-state index >= 15 is 0 Å². The lowest BCUT2D eigenvalue weighted by Crippen LogP contribution is -2.38. The molecule has 1 saturated heterocycles. The molecule has 1 amide bonds. The van der Waals surface area contributed by atoms with Crippen molar-refractivity contribution in [3.05, 3.63) is 47.7 Å². The predicted molar refractivity (Wildman–Crippen MR) is 91.2 cm³/mol. The molecule has 122 valence electrons. The number of likely N-dealkylation sites (tertiary alicyclic amines) is 1. The monoisotopic (exact) mass is 311 g/mol. The molecule has 23 heavy (non-hydrogen) atoms. The molecule has 1 aliphatic rings. The molecule has 0 atom stereocenters. The van der Waals surface area contributed by atoms with E-state index in [1.807, 2.05) is 44.2 Å². The normalized spacial score (nSPS) is 15.4. The largest absolute Gasteiger partial charge is 0.376 e. The maximum absolute atomic E-state index is 12.8. The summed E-state index contributed by atoms with van der Waals surface area (Å²) in [6.45, 7) is 6.35. The first-order chi connectivity index (χ1) is 11.1. The average Bonchev–Trinajstić information content (AvgIpc) is 2.58. The van der Waals surface area contributed by atoms with Gasteiger partial charge in [-0.1, -0.05) is 30.3 Å². The van der Waals surface area contributed by atoms with Crippen molar-refractivity contribution in [1.82, 2.24) is 9.80 Å². The second-order valence-electron chi connectivity index (χ2n) is 6.26. The topological polar surface area (TPSA) is 47.3 Å².